The van der Waals surface area contributed by atoms with Gasteiger partial charge >= 0.3 is 0 Å². The van der Waals surface area contributed by atoms with Crippen LogP contribution in [0.5, 0.6) is 5.75 Å². The molecule has 3 amide bonds. The van der Waals surface area contributed by atoms with Gasteiger partial charge in [0.25, 0.3) is 17.7 Å². The van der Waals surface area contributed by atoms with Crippen LogP contribution in [0.2, 0.25) is 0 Å². The number of benzene rings is 2. The van der Waals surface area contributed by atoms with Gasteiger partial charge in [-0.15, -0.1) is 6.58 Å². The summed E-state index contributed by atoms with van der Waals surface area (Å²) in [6.07, 6.45) is 2.34. The smallest absolute Gasteiger partial charge is 0.261 e. The van der Waals surface area contributed by atoms with Crippen molar-refractivity contribution in [1.82, 2.24) is 10.2 Å². The number of carbonyl (C=O) groups excluding carboxylic acids is 3. The fourth-order valence-corrected chi connectivity index (χ4v) is 3.59. The zero-order valence-electron chi connectivity index (χ0n) is 15.3. The number of nitrogens with one attached hydrogen (secondary N) is 1. The molecular formula is C22H20N2O4. The van der Waals surface area contributed by atoms with Crippen LogP contribution in [-0.4, -0.2) is 42.3 Å². The lowest BCUT2D eigenvalue weighted by Crippen LogP contribution is -2.34. The lowest BCUT2D eigenvalue weighted by atomic mass is 9.96. The Labute approximate surface area is 162 Å². The summed E-state index contributed by atoms with van der Waals surface area (Å²) in [5, 5.41) is 2.91. The molecular weight excluding hydrogens is 356 g/mol. The van der Waals surface area contributed by atoms with Crippen molar-refractivity contribution in [3.63, 3.8) is 0 Å². The van der Waals surface area contributed by atoms with E-state index in [9.17, 15) is 14.4 Å². The molecule has 2 aliphatic heterocycles. The molecule has 28 heavy (non-hydrogen) atoms. The summed E-state index contributed by atoms with van der Waals surface area (Å²) in [6, 6.07) is 12.5. The highest BCUT2D eigenvalue weighted by molar-refractivity contribution is 6.22. The van der Waals surface area contributed by atoms with E-state index < -0.39 is 5.91 Å². The number of nitrogens with zero attached hydrogens (tertiary/aromatic N) is 1. The third-order valence-electron chi connectivity index (χ3n) is 5.05. The second kappa shape index (κ2) is 7.31. The minimum atomic E-state index is -0.396. The molecule has 0 saturated carbocycles. The number of carbonyl (C=O) groups is 3. The van der Waals surface area contributed by atoms with Crippen molar-refractivity contribution in [1.29, 1.82) is 0 Å². The van der Waals surface area contributed by atoms with Gasteiger partial charge in [-0.3, -0.25) is 19.3 Å². The molecule has 2 aromatic carbocycles. The van der Waals surface area contributed by atoms with Gasteiger partial charge in [-0.2, -0.15) is 0 Å². The van der Waals surface area contributed by atoms with E-state index in [-0.39, 0.29) is 29.8 Å². The van der Waals surface area contributed by atoms with Gasteiger partial charge in [0.05, 0.1) is 17.7 Å². The fraction of sp³-hybridized carbons (Fsp3) is 0.227. The third kappa shape index (κ3) is 3.17. The van der Waals surface area contributed by atoms with Crippen LogP contribution in [0.15, 0.2) is 55.1 Å². The van der Waals surface area contributed by atoms with Crippen LogP contribution in [-0.2, 0) is 6.42 Å². The molecule has 0 radical (unpaired) electrons. The van der Waals surface area contributed by atoms with E-state index in [0.717, 1.165) is 22.6 Å². The minimum Gasteiger partial charge on any atom is -0.493 e. The molecule has 0 spiro atoms. The number of hydrogen-bond acceptors (Lipinski definition) is 4. The Morgan fingerprint density at radius 1 is 1.18 bits per heavy atom. The van der Waals surface area contributed by atoms with E-state index in [2.05, 4.69) is 11.9 Å². The molecule has 0 saturated heterocycles. The topological polar surface area (TPSA) is 75.7 Å². The average Bonchev–Trinajstić information content (AvgIpc) is 2.96. The summed E-state index contributed by atoms with van der Waals surface area (Å²) < 4.78 is 5.75. The minimum absolute atomic E-state index is 0.150. The first-order chi connectivity index (χ1) is 13.6. The summed E-state index contributed by atoms with van der Waals surface area (Å²) in [5.74, 6) is 0.0521. The highest BCUT2D eigenvalue weighted by atomic mass is 16.5. The first kappa shape index (κ1) is 18.0. The summed E-state index contributed by atoms with van der Waals surface area (Å²) in [5.41, 5.74) is 2.07. The molecule has 142 valence electrons. The zero-order valence-corrected chi connectivity index (χ0v) is 15.3. The average molecular weight is 376 g/mol. The van der Waals surface area contributed by atoms with Crippen LogP contribution < -0.4 is 10.1 Å². The van der Waals surface area contributed by atoms with Gasteiger partial charge in [0, 0.05) is 24.6 Å². The van der Waals surface area contributed by atoms with Crippen molar-refractivity contribution in [2.75, 3.05) is 19.7 Å². The van der Waals surface area contributed by atoms with Gasteiger partial charge in [0.1, 0.15) is 5.75 Å². The SMILES string of the molecule is C=CCN1C(=O)c2ccc(C(=O)NC[C@H]3COc4ccccc4C3)cc2C1=O. The molecule has 2 heterocycles. The van der Waals surface area contributed by atoms with E-state index >= 15 is 0 Å². The van der Waals surface area contributed by atoms with E-state index in [0.29, 0.717) is 24.3 Å². The normalized spacial score (nSPS) is 17.6. The summed E-state index contributed by atoms with van der Waals surface area (Å²) >= 11 is 0. The van der Waals surface area contributed by atoms with Gasteiger partial charge in [0.2, 0.25) is 0 Å². The standard InChI is InChI=1S/C22H20N2O4/c1-2-9-24-21(26)17-8-7-16(11-18(17)22(24)27)20(25)23-12-14-10-15-5-3-4-6-19(15)28-13-14/h2-8,11,14H,1,9-10,12-13H2,(H,23,25)/t14-/m0/s1. The molecule has 6 nitrogen and oxygen atoms in total. The second-order valence-electron chi connectivity index (χ2n) is 6.97. The molecule has 2 aliphatic rings. The van der Waals surface area contributed by atoms with Gasteiger partial charge in [-0.05, 0) is 36.2 Å². The molecule has 0 aliphatic carbocycles. The Bertz CT molecular complexity index is 982. The van der Waals surface area contributed by atoms with Crippen molar-refractivity contribution < 1.29 is 19.1 Å². The van der Waals surface area contributed by atoms with Crippen molar-refractivity contribution in [2.45, 2.75) is 6.42 Å². The zero-order chi connectivity index (χ0) is 19.7. The number of fused-ring (bicyclic) bond motifs is 2. The monoisotopic (exact) mass is 376 g/mol. The maximum absolute atomic E-state index is 12.6. The largest absolute Gasteiger partial charge is 0.493 e. The van der Waals surface area contributed by atoms with Crippen molar-refractivity contribution >= 4 is 17.7 Å². The van der Waals surface area contributed by atoms with Crippen molar-refractivity contribution in [2.24, 2.45) is 5.92 Å². The molecule has 1 N–H and O–H groups in total. The fourth-order valence-electron chi connectivity index (χ4n) is 3.59. The van der Waals surface area contributed by atoms with Crippen molar-refractivity contribution in [3.05, 3.63) is 77.4 Å². The molecule has 0 aromatic heterocycles. The van der Waals surface area contributed by atoms with Crippen LogP contribution in [0.1, 0.15) is 36.6 Å². The van der Waals surface area contributed by atoms with Crippen LogP contribution in [0.3, 0.4) is 0 Å². The number of ether oxygens (including phenoxy) is 1. The first-order valence-electron chi connectivity index (χ1n) is 9.18. The van der Waals surface area contributed by atoms with E-state index in [1.54, 1.807) is 6.07 Å². The highest BCUT2D eigenvalue weighted by Crippen LogP contribution is 2.27. The van der Waals surface area contributed by atoms with Gasteiger partial charge in [-0.1, -0.05) is 24.3 Å². The van der Waals surface area contributed by atoms with E-state index in [1.165, 1.54) is 18.2 Å². The molecule has 4 rings (SSSR count). The van der Waals surface area contributed by atoms with Crippen LogP contribution in [0.4, 0.5) is 0 Å². The van der Waals surface area contributed by atoms with Crippen LogP contribution in [0, 0.1) is 5.92 Å². The lowest BCUT2D eigenvalue weighted by Gasteiger charge is -2.25. The third-order valence-corrected chi connectivity index (χ3v) is 5.05. The van der Waals surface area contributed by atoms with Crippen molar-refractivity contribution in [3.8, 4) is 5.75 Å². The maximum Gasteiger partial charge on any atom is 0.261 e. The van der Waals surface area contributed by atoms with Crippen LogP contribution >= 0.6 is 0 Å². The Hall–Kier alpha value is -3.41. The van der Waals surface area contributed by atoms with Gasteiger partial charge in [-0.25, -0.2) is 0 Å². The Morgan fingerprint density at radius 2 is 1.96 bits per heavy atom. The number of para-hydroxylation sites is 1. The predicted molar refractivity (Wildman–Crippen MR) is 103 cm³/mol. The Balaban J connectivity index is 1.42. The second-order valence-corrected chi connectivity index (χ2v) is 6.97. The van der Waals surface area contributed by atoms with Gasteiger partial charge in [0.15, 0.2) is 0 Å². The number of amides is 3. The molecule has 0 fully saturated rings. The van der Waals surface area contributed by atoms with E-state index in [1.807, 2.05) is 24.3 Å². The maximum atomic E-state index is 12.6. The lowest BCUT2D eigenvalue weighted by molar-refractivity contribution is 0.0672. The quantitative estimate of drug-likeness (QED) is 0.642. The Kier molecular flexibility index (Phi) is 4.69. The number of rotatable bonds is 5. The number of imide groups is 1. The van der Waals surface area contributed by atoms with E-state index in [4.69, 9.17) is 4.74 Å². The van der Waals surface area contributed by atoms with Crippen LogP contribution in [0.25, 0.3) is 0 Å². The number of hydrogen-bond donors (Lipinski definition) is 1. The Morgan fingerprint density at radius 3 is 2.79 bits per heavy atom. The summed E-state index contributed by atoms with van der Waals surface area (Å²) in [7, 11) is 0. The first-order valence-corrected chi connectivity index (χ1v) is 9.18. The molecule has 6 heteroatoms. The molecule has 2 aromatic rings. The molecule has 1 atom stereocenters. The summed E-state index contributed by atoms with van der Waals surface area (Å²) in [4.78, 5) is 38.3. The molecule has 0 unspecified atom stereocenters. The molecule has 0 bridgehead atoms. The predicted octanol–water partition coefficient (Wildman–Crippen LogP) is 2.45. The highest BCUT2D eigenvalue weighted by Gasteiger charge is 2.35. The van der Waals surface area contributed by atoms with Gasteiger partial charge < -0.3 is 10.1 Å². The summed E-state index contributed by atoms with van der Waals surface area (Å²) in [6.45, 7) is 4.73.